The van der Waals surface area contributed by atoms with Gasteiger partial charge in [-0.15, -0.1) is 0 Å². The third kappa shape index (κ3) is 2.96. The number of hydrogen-bond acceptors (Lipinski definition) is 4. The van der Waals surface area contributed by atoms with Crippen molar-refractivity contribution < 1.29 is 9.53 Å². The lowest BCUT2D eigenvalue weighted by Crippen LogP contribution is -2.06. The summed E-state index contributed by atoms with van der Waals surface area (Å²) in [5.41, 5.74) is 1.54. The number of aromatic nitrogens is 1. The normalized spacial score (nSPS) is 11.1. The van der Waals surface area contributed by atoms with Crippen molar-refractivity contribution in [2.24, 2.45) is 0 Å². The van der Waals surface area contributed by atoms with Gasteiger partial charge in [0, 0.05) is 11.6 Å². The number of benzene rings is 1. The lowest BCUT2D eigenvalue weighted by Gasteiger charge is -2.01. The van der Waals surface area contributed by atoms with Crippen LogP contribution in [0.15, 0.2) is 42.1 Å². The van der Waals surface area contributed by atoms with Gasteiger partial charge in [0.25, 0.3) is 0 Å². The molecule has 0 aliphatic carbocycles. The molecule has 1 aromatic carbocycles. The molecule has 0 spiro atoms. The maximum atomic E-state index is 11.5. The minimum atomic E-state index is -0.613. The van der Waals surface area contributed by atoms with Crippen LogP contribution in [0.2, 0.25) is 0 Å². The predicted molar refractivity (Wildman–Crippen MR) is 72.0 cm³/mol. The van der Waals surface area contributed by atoms with Gasteiger partial charge in [0.05, 0.1) is 12.1 Å². The molecule has 0 fully saturated rings. The van der Waals surface area contributed by atoms with E-state index in [0.717, 1.165) is 10.9 Å². The molecular formula is C15H12N2O2. The van der Waals surface area contributed by atoms with Crippen molar-refractivity contribution >= 4 is 22.9 Å². The molecule has 1 heterocycles. The van der Waals surface area contributed by atoms with Crippen molar-refractivity contribution in [3.63, 3.8) is 0 Å². The molecule has 0 bridgehead atoms. The van der Waals surface area contributed by atoms with E-state index in [0.29, 0.717) is 5.56 Å². The summed E-state index contributed by atoms with van der Waals surface area (Å²) in [4.78, 5) is 15.8. The fourth-order valence-electron chi connectivity index (χ4n) is 1.68. The van der Waals surface area contributed by atoms with Crippen LogP contribution in [0.4, 0.5) is 0 Å². The average molecular weight is 252 g/mol. The molecule has 0 aliphatic rings. The standard InChI is InChI=1S/C15H12N2O2/c1-2-19-15(18)13(9-16)8-11-7-12-5-3-4-6-14(12)17-10-11/h3-8,10H,2H2,1H3/b13-8-. The minimum Gasteiger partial charge on any atom is -0.462 e. The van der Waals surface area contributed by atoms with E-state index in [4.69, 9.17) is 10.00 Å². The molecule has 0 unspecified atom stereocenters. The van der Waals surface area contributed by atoms with Crippen LogP contribution in [0.1, 0.15) is 12.5 Å². The number of esters is 1. The highest BCUT2D eigenvalue weighted by Gasteiger charge is 2.09. The van der Waals surface area contributed by atoms with Crippen molar-refractivity contribution in [1.82, 2.24) is 4.98 Å². The number of para-hydroxylation sites is 1. The molecule has 4 heteroatoms. The summed E-state index contributed by atoms with van der Waals surface area (Å²) < 4.78 is 4.80. The lowest BCUT2D eigenvalue weighted by molar-refractivity contribution is -0.137. The first-order valence-corrected chi connectivity index (χ1v) is 5.88. The number of pyridine rings is 1. The topological polar surface area (TPSA) is 63.0 Å². The second-order valence-electron chi connectivity index (χ2n) is 3.85. The Morgan fingerprint density at radius 2 is 2.26 bits per heavy atom. The molecule has 19 heavy (non-hydrogen) atoms. The fourth-order valence-corrected chi connectivity index (χ4v) is 1.68. The van der Waals surface area contributed by atoms with Gasteiger partial charge in [-0.1, -0.05) is 18.2 Å². The Morgan fingerprint density at radius 1 is 1.47 bits per heavy atom. The van der Waals surface area contributed by atoms with Gasteiger partial charge in [0.1, 0.15) is 11.6 Å². The Balaban J connectivity index is 2.38. The fraction of sp³-hybridized carbons (Fsp3) is 0.133. The summed E-state index contributed by atoms with van der Waals surface area (Å²) >= 11 is 0. The van der Waals surface area contributed by atoms with Gasteiger partial charge in [-0.25, -0.2) is 4.79 Å². The van der Waals surface area contributed by atoms with Crippen LogP contribution in [-0.2, 0) is 9.53 Å². The number of rotatable bonds is 3. The van der Waals surface area contributed by atoms with Crippen LogP contribution < -0.4 is 0 Å². The summed E-state index contributed by atoms with van der Waals surface area (Å²) in [6, 6.07) is 11.4. The van der Waals surface area contributed by atoms with Crippen molar-refractivity contribution in [2.75, 3.05) is 6.61 Å². The number of carbonyl (C=O) groups excluding carboxylic acids is 1. The summed E-state index contributed by atoms with van der Waals surface area (Å²) in [6.07, 6.45) is 3.11. The van der Waals surface area contributed by atoms with Crippen LogP contribution in [-0.4, -0.2) is 17.6 Å². The first-order chi connectivity index (χ1) is 9.24. The second kappa shape index (κ2) is 5.78. The van der Waals surface area contributed by atoms with Crippen molar-refractivity contribution in [3.8, 4) is 6.07 Å². The average Bonchev–Trinajstić information content (AvgIpc) is 2.44. The maximum Gasteiger partial charge on any atom is 0.348 e. The van der Waals surface area contributed by atoms with Gasteiger partial charge in [0.2, 0.25) is 0 Å². The van der Waals surface area contributed by atoms with E-state index in [1.165, 1.54) is 6.08 Å². The SMILES string of the molecule is CCOC(=O)/C(C#N)=C\c1cnc2ccccc2c1. The molecule has 1 aromatic heterocycles. The van der Waals surface area contributed by atoms with Crippen LogP contribution >= 0.6 is 0 Å². The Morgan fingerprint density at radius 3 is 3.00 bits per heavy atom. The largest absolute Gasteiger partial charge is 0.462 e. The smallest absolute Gasteiger partial charge is 0.348 e. The third-order valence-corrected chi connectivity index (χ3v) is 2.54. The molecule has 0 saturated carbocycles. The molecule has 0 N–H and O–H groups in total. The highest BCUT2D eigenvalue weighted by Crippen LogP contribution is 2.15. The second-order valence-corrected chi connectivity index (χ2v) is 3.85. The number of ether oxygens (including phenoxy) is 1. The first-order valence-electron chi connectivity index (χ1n) is 5.88. The van der Waals surface area contributed by atoms with Crippen LogP contribution in [0.5, 0.6) is 0 Å². The van der Waals surface area contributed by atoms with E-state index in [1.807, 2.05) is 36.4 Å². The Bertz CT molecular complexity index is 684. The summed E-state index contributed by atoms with van der Waals surface area (Å²) in [6.45, 7) is 1.94. The number of nitrogens with zero attached hydrogens (tertiary/aromatic N) is 2. The van der Waals surface area contributed by atoms with E-state index in [2.05, 4.69) is 4.98 Å². The van der Waals surface area contributed by atoms with E-state index in [9.17, 15) is 4.79 Å². The van der Waals surface area contributed by atoms with Crippen molar-refractivity contribution in [1.29, 1.82) is 5.26 Å². The van der Waals surface area contributed by atoms with Crippen LogP contribution in [0.25, 0.3) is 17.0 Å². The van der Waals surface area contributed by atoms with E-state index >= 15 is 0 Å². The van der Waals surface area contributed by atoms with E-state index in [1.54, 1.807) is 13.1 Å². The predicted octanol–water partition coefficient (Wildman–Crippen LogP) is 2.70. The van der Waals surface area contributed by atoms with Crippen LogP contribution in [0.3, 0.4) is 0 Å². The quantitative estimate of drug-likeness (QED) is 0.478. The molecule has 0 saturated heterocycles. The van der Waals surface area contributed by atoms with Crippen molar-refractivity contribution in [3.05, 3.63) is 47.7 Å². The monoisotopic (exact) mass is 252 g/mol. The lowest BCUT2D eigenvalue weighted by atomic mass is 10.1. The molecule has 0 amide bonds. The zero-order chi connectivity index (χ0) is 13.7. The third-order valence-electron chi connectivity index (χ3n) is 2.54. The molecule has 0 aliphatic heterocycles. The summed E-state index contributed by atoms with van der Waals surface area (Å²) in [5.74, 6) is -0.613. The minimum absolute atomic E-state index is 0.0288. The maximum absolute atomic E-state index is 11.5. The Labute approximate surface area is 111 Å². The van der Waals surface area contributed by atoms with Crippen LogP contribution in [0, 0.1) is 11.3 Å². The van der Waals surface area contributed by atoms with Gasteiger partial charge in [0.15, 0.2) is 0 Å². The number of fused-ring (bicyclic) bond motifs is 1. The number of carbonyl (C=O) groups is 1. The molecule has 4 nitrogen and oxygen atoms in total. The summed E-state index contributed by atoms with van der Waals surface area (Å²) in [7, 11) is 0. The van der Waals surface area contributed by atoms with Gasteiger partial charge in [-0.05, 0) is 30.7 Å². The van der Waals surface area contributed by atoms with Gasteiger partial charge in [-0.2, -0.15) is 5.26 Å². The Hall–Kier alpha value is -2.67. The van der Waals surface area contributed by atoms with E-state index < -0.39 is 5.97 Å². The van der Waals surface area contributed by atoms with Crippen molar-refractivity contribution in [2.45, 2.75) is 6.92 Å². The van der Waals surface area contributed by atoms with Gasteiger partial charge in [-0.3, -0.25) is 4.98 Å². The number of nitriles is 1. The molecular weight excluding hydrogens is 240 g/mol. The molecule has 94 valence electrons. The molecule has 2 rings (SSSR count). The first kappa shape index (κ1) is 12.8. The number of hydrogen-bond donors (Lipinski definition) is 0. The zero-order valence-electron chi connectivity index (χ0n) is 10.5. The van der Waals surface area contributed by atoms with E-state index in [-0.39, 0.29) is 12.2 Å². The highest BCUT2D eigenvalue weighted by atomic mass is 16.5. The zero-order valence-corrected chi connectivity index (χ0v) is 10.5. The van der Waals surface area contributed by atoms with Gasteiger partial charge < -0.3 is 4.74 Å². The highest BCUT2D eigenvalue weighted by molar-refractivity contribution is 5.98. The molecule has 0 radical (unpaired) electrons. The van der Waals surface area contributed by atoms with Gasteiger partial charge >= 0.3 is 5.97 Å². The Kier molecular flexibility index (Phi) is 3.89. The molecule has 0 atom stereocenters. The summed E-state index contributed by atoms with van der Waals surface area (Å²) in [5, 5.41) is 9.91. The molecule has 2 aromatic rings.